The molecule has 0 radical (unpaired) electrons. The van der Waals surface area contributed by atoms with Crippen molar-refractivity contribution in [1.82, 2.24) is 25.9 Å². The maximum absolute atomic E-state index is 13.0. The number of hydrogen-bond donors (Lipinski definition) is 8. The molecule has 4 unspecified atom stereocenters. The fraction of sp³-hybridized carbons (Fsp3) is 0.600. The van der Waals surface area contributed by atoms with Crippen molar-refractivity contribution >= 4 is 29.7 Å². The van der Waals surface area contributed by atoms with E-state index in [1.165, 1.54) is 12.5 Å². The number of carboxylic acid groups (broad SMARTS) is 1. The van der Waals surface area contributed by atoms with Gasteiger partial charge in [0.15, 0.2) is 5.96 Å². The van der Waals surface area contributed by atoms with Gasteiger partial charge in [-0.25, -0.2) is 9.78 Å². The van der Waals surface area contributed by atoms with Crippen LogP contribution < -0.4 is 33.2 Å². The van der Waals surface area contributed by atoms with Gasteiger partial charge in [0.05, 0.1) is 12.9 Å². The third kappa shape index (κ3) is 9.85. The molecular formula is C20H35N9O5. The summed E-state index contributed by atoms with van der Waals surface area (Å²) in [6, 6.07) is -3.27. The number of aromatic nitrogens is 2. The summed E-state index contributed by atoms with van der Waals surface area (Å²) in [6.45, 7) is 3.54. The number of aliphatic carboxylic acids is 1. The van der Waals surface area contributed by atoms with Crippen LogP contribution in [-0.4, -0.2) is 75.9 Å². The Bertz CT molecular complexity index is 839. The van der Waals surface area contributed by atoms with E-state index in [1.807, 2.05) is 6.92 Å². The van der Waals surface area contributed by atoms with Crippen molar-refractivity contribution in [3.05, 3.63) is 18.2 Å². The minimum absolute atomic E-state index is 0.0238. The molecule has 34 heavy (non-hydrogen) atoms. The molecule has 14 nitrogen and oxygen atoms in total. The Hall–Kier alpha value is -3.68. The average Bonchev–Trinajstić information content (AvgIpc) is 3.30. The van der Waals surface area contributed by atoms with Crippen LogP contribution in [0.3, 0.4) is 0 Å². The molecule has 1 heterocycles. The van der Waals surface area contributed by atoms with Gasteiger partial charge in [-0.05, 0) is 18.8 Å². The van der Waals surface area contributed by atoms with Crippen LogP contribution in [0.1, 0.15) is 38.8 Å². The fourth-order valence-corrected chi connectivity index (χ4v) is 3.05. The molecule has 0 saturated carbocycles. The lowest BCUT2D eigenvalue weighted by atomic mass is 9.97. The Labute approximate surface area is 197 Å². The fourth-order valence-electron chi connectivity index (χ4n) is 3.05. The van der Waals surface area contributed by atoms with Crippen molar-refractivity contribution in [3.63, 3.8) is 0 Å². The normalized spacial score (nSPS) is 14.2. The topological polar surface area (TPSA) is 244 Å². The molecule has 1 aromatic heterocycles. The van der Waals surface area contributed by atoms with Crippen LogP contribution in [0.25, 0.3) is 0 Å². The highest BCUT2D eigenvalue weighted by molar-refractivity contribution is 5.93. The van der Waals surface area contributed by atoms with Crippen LogP contribution in [0, 0.1) is 5.92 Å². The number of nitrogens with one attached hydrogen (secondary N) is 4. The summed E-state index contributed by atoms with van der Waals surface area (Å²) in [6.07, 6.45) is 3.89. The van der Waals surface area contributed by atoms with Crippen molar-refractivity contribution < 1.29 is 24.3 Å². The van der Waals surface area contributed by atoms with Crippen molar-refractivity contribution in [1.29, 1.82) is 0 Å². The lowest BCUT2D eigenvalue weighted by molar-refractivity contribution is -0.142. The lowest BCUT2D eigenvalue weighted by Gasteiger charge is -2.27. The van der Waals surface area contributed by atoms with E-state index in [4.69, 9.17) is 17.2 Å². The number of aromatic amines is 1. The second-order valence-corrected chi connectivity index (χ2v) is 7.83. The van der Waals surface area contributed by atoms with Gasteiger partial charge in [-0.2, -0.15) is 0 Å². The molecule has 1 rings (SSSR count). The van der Waals surface area contributed by atoms with Crippen molar-refractivity contribution in [3.8, 4) is 0 Å². The molecule has 0 aliphatic rings. The molecule has 0 aliphatic heterocycles. The van der Waals surface area contributed by atoms with Crippen LogP contribution in [0.15, 0.2) is 17.5 Å². The molecule has 190 valence electrons. The second kappa shape index (κ2) is 14.5. The maximum Gasteiger partial charge on any atom is 0.326 e. The number of nitrogens with zero attached hydrogens (tertiary/aromatic N) is 2. The van der Waals surface area contributed by atoms with Gasteiger partial charge in [-0.3, -0.25) is 19.4 Å². The molecule has 0 bridgehead atoms. The molecule has 14 heteroatoms. The second-order valence-electron chi connectivity index (χ2n) is 7.83. The highest BCUT2D eigenvalue weighted by Gasteiger charge is 2.31. The van der Waals surface area contributed by atoms with Crippen LogP contribution in [-0.2, 0) is 25.6 Å². The van der Waals surface area contributed by atoms with Crippen molar-refractivity contribution in [2.24, 2.45) is 28.1 Å². The first-order chi connectivity index (χ1) is 16.1. The number of aliphatic imine (C=N–C) groups is 1. The third-order valence-corrected chi connectivity index (χ3v) is 5.17. The Morgan fingerprint density at radius 3 is 2.35 bits per heavy atom. The number of H-pyrrole nitrogens is 1. The Kier molecular flexibility index (Phi) is 12.1. The summed E-state index contributed by atoms with van der Waals surface area (Å²) < 4.78 is 0. The standard InChI is InChI=1S/C20H35N9O5/c1-3-11(2)16(29-15(30)8-21)18(32)28-14(7-12-9-24-10-26-12)17(31)27-13(19(33)34)5-4-6-25-20(22)23/h9-11,13-14,16H,3-8,21H2,1-2H3,(H,24,26)(H,27,31)(H,28,32)(H,29,30)(H,33,34)(H4,22,23,25). The minimum atomic E-state index is -1.24. The number of nitrogens with two attached hydrogens (primary N) is 3. The maximum atomic E-state index is 13.0. The average molecular weight is 482 g/mol. The predicted octanol–water partition coefficient (Wildman–Crippen LogP) is -2.45. The van der Waals surface area contributed by atoms with Crippen LogP contribution in [0.4, 0.5) is 0 Å². The first-order valence-electron chi connectivity index (χ1n) is 10.9. The molecule has 0 saturated heterocycles. The number of rotatable bonds is 15. The smallest absolute Gasteiger partial charge is 0.326 e. The molecule has 0 spiro atoms. The zero-order valence-electron chi connectivity index (χ0n) is 19.4. The van der Waals surface area contributed by atoms with Gasteiger partial charge in [-0.15, -0.1) is 0 Å². The highest BCUT2D eigenvalue weighted by atomic mass is 16.4. The van der Waals surface area contributed by atoms with Crippen LogP contribution in [0.2, 0.25) is 0 Å². The van der Waals surface area contributed by atoms with E-state index in [-0.39, 0.29) is 37.8 Å². The van der Waals surface area contributed by atoms with E-state index in [1.54, 1.807) is 6.92 Å². The third-order valence-electron chi connectivity index (χ3n) is 5.17. The van der Waals surface area contributed by atoms with Gasteiger partial charge in [0.2, 0.25) is 17.7 Å². The highest BCUT2D eigenvalue weighted by Crippen LogP contribution is 2.10. The number of carbonyl (C=O) groups excluding carboxylic acids is 3. The van der Waals surface area contributed by atoms with Crippen LogP contribution >= 0.6 is 0 Å². The monoisotopic (exact) mass is 481 g/mol. The largest absolute Gasteiger partial charge is 0.480 e. The molecule has 0 aromatic carbocycles. The Morgan fingerprint density at radius 2 is 1.82 bits per heavy atom. The number of amides is 3. The summed E-state index contributed by atoms with van der Waals surface area (Å²) in [5, 5.41) is 17.2. The van der Waals surface area contributed by atoms with Gasteiger partial charge >= 0.3 is 5.97 Å². The summed E-state index contributed by atoms with van der Waals surface area (Å²) in [5.41, 5.74) is 16.4. The number of imidazole rings is 1. The first-order valence-corrected chi connectivity index (χ1v) is 10.9. The molecule has 4 atom stereocenters. The minimum Gasteiger partial charge on any atom is -0.480 e. The van der Waals surface area contributed by atoms with Crippen molar-refractivity contribution in [2.75, 3.05) is 13.1 Å². The van der Waals surface area contributed by atoms with E-state index in [0.717, 1.165) is 0 Å². The van der Waals surface area contributed by atoms with E-state index in [2.05, 4.69) is 30.9 Å². The predicted molar refractivity (Wildman–Crippen MR) is 124 cm³/mol. The van der Waals surface area contributed by atoms with Gasteiger partial charge in [0.25, 0.3) is 0 Å². The van der Waals surface area contributed by atoms with E-state index in [0.29, 0.717) is 18.5 Å². The molecule has 11 N–H and O–H groups in total. The summed E-state index contributed by atoms with van der Waals surface area (Å²) in [4.78, 5) is 60.0. The zero-order chi connectivity index (χ0) is 25.7. The first kappa shape index (κ1) is 28.4. The Balaban J connectivity index is 3.00. The van der Waals surface area contributed by atoms with E-state index < -0.39 is 41.8 Å². The summed E-state index contributed by atoms with van der Waals surface area (Å²) >= 11 is 0. The number of guanidine groups is 1. The SMILES string of the molecule is CCC(C)C(NC(=O)CN)C(=O)NC(Cc1cnc[nH]1)C(=O)NC(CCCN=C(N)N)C(=O)O. The summed E-state index contributed by atoms with van der Waals surface area (Å²) in [7, 11) is 0. The lowest BCUT2D eigenvalue weighted by Crippen LogP contribution is -2.58. The number of carbonyl (C=O) groups is 4. The van der Waals surface area contributed by atoms with Gasteiger partial charge < -0.3 is 43.2 Å². The van der Waals surface area contributed by atoms with Crippen molar-refractivity contribution in [2.45, 2.75) is 57.7 Å². The van der Waals surface area contributed by atoms with Crippen LogP contribution in [0.5, 0.6) is 0 Å². The van der Waals surface area contributed by atoms with E-state index >= 15 is 0 Å². The molecule has 1 aromatic rings. The van der Waals surface area contributed by atoms with Gasteiger partial charge in [0.1, 0.15) is 18.1 Å². The zero-order valence-corrected chi connectivity index (χ0v) is 19.4. The molecule has 3 amide bonds. The number of carboxylic acids is 1. The molecule has 0 fully saturated rings. The quantitative estimate of drug-likeness (QED) is 0.0751. The Morgan fingerprint density at radius 1 is 1.15 bits per heavy atom. The summed E-state index contributed by atoms with van der Waals surface area (Å²) in [5.74, 6) is -3.40. The van der Waals surface area contributed by atoms with E-state index in [9.17, 15) is 24.3 Å². The van der Waals surface area contributed by atoms with Gasteiger partial charge in [-0.1, -0.05) is 20.3 Å². The van der Waals surface area contributed by atoms with Gasteiger partial charge in [0, 0.05) is 24.9 Å². The molecule has 0 aliphatic carbocycles. The molecular weight excluding hydrogens is 446 g/mol. The number of hydrogen-bond acceptors (Lipinski definition) is 7.